The molecule has 0 bridgehead atoms. The molecular formula is C29H26ClN5O2. The zero-order valence-corrected chi connectivity index (χ0v) is 20.8. The molecule has 0 radical (unpaired) electrons. The fourth-order valence-corrected chi connectivity index (χ4v) is 5.18. The smallest absolute Gasteiger partial charge is 0.158 e. The fraction of sp³-hybridized carbons (Fsp3) is 0.207. The summed E-state index contributed by atoms with van der Waals surface area (Å²) in [7, 11) is 0. The number of ether oxygens (including phenoxy) is 2. The Bertz CT molecular complexity index is 1540. The van der Waals surface area contributed by atoms with Gasteiger partial charge < -0.3 is 30.4 Å². The lowest BCUT2D eigenvalue weighted by Gasteiger charge is -2.40. The number of halogens is 1. The molecule has 1 aliphatic carbocycles. The molecule has 2 unspecified atom stereocenters. The summed E-state index contributed by atoms with van der Waals surface area (Å²) in [6, 6.07) is 18.5. The summed E-state index contributed by atoms with van der Waals surface area (Å²) in [6.07, 6.45) is 10.2. The number of nitrogens with one attached hydrogen (secondary N) is 2. The maximum atomic E-state index is 9.47. The topological polar surface area (TPSA) is 97.3 Å². The van der Waals surface area contributed by atoms with E-state index in [-0.39, 0.29) is 6.10 Å². The number of dihydropyridines is 1. The first kappa shape index (κ1) is 23.3. The monoisotopic (exact) mass is 511 g/mol. The third-order valence-corrected chi connectivity index (χ3v) is 7.07. The van der Waals surface area contributed by atoms with E-state index in [1.54, 1.807) is 6.20 Å². The summed E-state index contributed by atoms with van der Waals surface area (Å²) < 4.78 is 13.9. The van der Waals surface area contributed by atoms with Crippen LogP contribution in [0.2, 0.25) is 5.02 Å². The molecule has 4 N–H and O–H groups in total. The van der Waals surface area contributed by atoms with E-state index >= 15 is 0 Å². The molecule has 3 aromatic rings. The van der Waals surface area contributed by atoms with Crippen molar-refractivity contribution in [2.75, 3.05) is 18.5 Å². The van der Waals surface area contributed by atoms with Crippen LogP contribution in [0.4, 0.5) is 5.69 Å². The summed E-state index contributed by atoms with van der Waals surface area (Å²) in [5.41, 5.74) is 10.6. The second-order valence-corrected chi connectivity index (χ2v) is 9.88. The Morgan fingerprint density at radius 1 is 1.24 bits per heavy atom. The molecule has 0 spiro atoms. The molecule has 1 aromatic heterocycles. The van der Waals surface area contributed by atoms with E-state index in [1.165, 1.54) is 0 Å². The Morgan fingerprint density at radius 2 is 2.16 bits per heavy atom. The molecule has 186 valence electrons. The van der Waals surface area contributed by atoms with Gasteiger partial charge in [0.15, 0.2) is 5.66 Å². The molecule has 1 saturated heterocycles. The fourth-order valence-electron chi connectivity index (χ4n) is 4.97. The van der Waals surface area contributed by atoms with Gasteiger partial charge in [-0.1, -0.05) is 23.7 Å². The van der Waals surface area contributed by atoms with E-state index in [0.717, 1.165) is 45.7 Å². The summed E-state index contributed by atoms with van der Waals surface area (Å²) in [5, 5.41) is 18.3. The lowest BCUT2D eigenvalue weighted by Crippen LogP contribution is -2.52. The zero-order chi connectivity index (χ0) is 25.4. The van der Waals surface area contributed by atoms with E-state index in [2.05, 4.69) is 57.8 Å². The van der Waals surface area contributed by atoms with Gasteiger partial charge in [0.25, 0.3) is 0 Å². The van der Waals surface area contributed by atoms with Crippen LogP contribution in [-0.2, 0) is 16.0 Å². The number of nitrogens with zero attached hydrogens (tertiary/aromatic N) is 2. The van der Waals surface area contributed by atoms with Crippen molar-refractivity contribution in [2.24, 2.45) is 5.73 Å². The van der Waals surface area contributed by atoms with Gasteiger partial charge in [-0.25, -0.2) is 0 Å². The van der Waals surface area contributed by atoms with Crippen LogP contribution < -0.4 is 16.4 Å². The Hall–Kier alpha value is -4.12. The van der Waals surface area contributed by atoms with Crippen molar-refractivity contribution in [3.05, 3.63) is 112 Å². The van der Waals surface area contributed by atoms with Crippen molar-refractivity contribution >= 4 is 28.2 Å². The van der Waals surface area contributed by atoms with E-state index in [1.807, 2.05) is 36.4 Å². The highest BCUT2D eigenvalue weighted by molar-refractivity contribution is 6.30. The van der Waals surface area contributed by atoms with E-state index < -0.39 is 5.66 Å². The van der Waals surface area contributed by atoms with E-state index in [0.29, 0.717) is 30.2 Å². The largest absolute Gasteiger partial charge is 0.486 e. The number of fused-ring (bicyclic) bond motifs is 2. The molecule has 2 aliphatic heterocycles. The van der Waals surface area contributed by atoms with Gasteiger partial charge in [0.05, 0.1) is 24.5 Å². The number of aromatic nitrogens is 1. The van der Waals surface area contributed by atoms with Crippen LogP contribution >= 0.6 is 11.6 Å². The third-order valence-electron chi connectivity index (χ3n) is 6.83. The number of hydrogen-bond acceptors (Lipinski definition) is 6. The third kappa shape index (κ3) is 4.57. The standard InChI is InChI=1S/C29H26ClN5O2/c30-23-3-1-2-19(11-23)17-35-8-6-21-12-24(4-5-27(21)35)34-29-14-28(37-25-7-9-36-18-25)26(32)13-22(29)10-20(15-31)16-33-29/h1-6,8,10-14,16,25,33-34H,7,9,17-18,32H2. The first-order valence-electron chi connectivity index (χ1n) is 12.2. The first-order chi connectivity index (χ1) is 18.0. The van der Waals surface area contributed by atoms with Crippen molar-refractivity contribution in [3.8, 4) is 6.07 Å². The number of benzene rings is 2. The highest BCUT2D eigenvalue weighted by Gasteiger charge is 2.38. The SMILES string of the molecule is N#CC1=CNC2(Nc3ccc4c(ccn4Cc4cccc(Cl)c4)c3)C=C(OC3CCOC3)C(N)=CC2=C1. The number of nitrogens with two attached hydrogens (primary N) is 1. The summed E-state index contributed by atoms with van der Waals surface area (Å²) in [4.78, 5) is 0. The molecule has 3 aliphatic rings. The quantitative estimate of drug-likeness (QED) is 0.434. The van der Waals surface area contributed by atoms with Gasteiger partial charge >= 0.3 is 0 Å². The summed E-state index contributed by atoms with van der Waals surface area (Å²) in [6.45, 7) is 1.96. The molecule has 1 fully saturated rings. The van der Waals surface area contributed by atoms with Gasteiger partial charge in [0.2, 0.25) is 0 Å². The molecule has 37 heavy (non-hydrogen) atoms. The molecule has 2 aromatic carbocycles. The van der Waals surface area contributed by atoms with Crippen LogP contribution in [0.25, 0.3) is 10.9 Å². The Kier molecular flexibility index (Phi) is 5.91. The molecule has 8 heteroatoms. The van der Waals surface area contributed by atoms with Crippen LogP contribution in [-0.4, -0.2) is 29.5 Å². The van der Waals surface area contributed by atoms with Crippen LogP contribution in [0.15, 0.2) is 102 Å². The van der Waals surface area contributed by atoms with Crippen LogP contribution in [0.3, 0.4) is 0 Å². The molecule has 0 amide bonds. The normalized spacial score (nSPS) is 22.6. The highest BCUT2D eigenvalue weighted by Crippen LogP contribution is 2.35. The second kappa shape index (κ2) is 9.40. The van der Waals surface area contributed by atoms with Gasteiger partial charge in [0.1, 0.15) is 17.9 Å². The minimum Gasteiger partial charge on any atom is -0.486 e. The Labute approximate surface area is 220 Å². The average molecular weight is 512 g/mol. The van der Waals surface area contributed by atoms with Crippen molar-refractivity contribution in [1.82, 2.24) is 9.88 Å². The average Bonchev–Trinajstić information content (AvgIpc) is 3.54. The van der Waals surface area contributed by atoms with Gasteiger partial charge in [-0.2, -0.15) is 5.26 Å². The van der Waals surface area contributed by atoms with Crippen molar-refractivity contribution in [1.29, 1.82) is 5.26 Å². The molecule has 0 saturated carbocycles. The first-order valence-corrected chi connectivity index (χ1v) is 12.6. The number of rotatable bonds is 6. The number of nitriles is 1. The minimum atomic E-state index is -0.824. The molecule has 3 heterocycles. The predicted molar refractivity (Wildman–Crippen MR) is 144 cm³/mol. The molecule has 6 rings (SSSR count). The maximum Gasteiger partial charge on any atom is 0.158 e. The Balaban J connectivity index is 1.31. The summed E-state index contributed by atoms with van der Waals surface area (Å²) >= 11 is 6.18. The van der Waals surface area contributed by atoms with Gasteiger partial charge in [0, 0.05) is 58.6 Å². The van der Waals surface area contributed by atoms with Crippen LogP contribution in [0, 0.1) is 11.3 Å². The number of anilines is 1. The van der Waals surface area contributed by atoms with Gasteiger partial charge in [-0.3, -0.25) is 0 Å². The van der Waals surface area contributed by atoms with Crippen molar-refractivity contribution in [3.63, 3.8) is 0 Å². The predicted octanol–water partition coefficient (Wildman–Crippen LogP) is 4.93. The minimum absolute atomic E-state index is 0.0369. The lowest BCUT2D eigenvalue weighted by molar-refractivity contribution is 0.0939. The highest BCUT2D eigenvalue weighted by atomic mass is 35.5. The number of allylic oxidation sites excluding steroid dienone is 2. The van der Waals surface area contributed by atoms with Crippen LogP contribution in [0.5, 0.6) is 0 Å². The lowest BCUT2D eigenvalue weighted by atomic mass is 9.88. The van der Waals surface area contributed by atoms with Crippen LogP contribution in [0.1, 0.15) is 12.0 Å². The van der Waals surface area contributed by atoms with E-state index in [9.17, 15) is 5.26 Å². The van der Waals surface area contributed by atoms with Crippen molar-refractivity contribution < 1.29 is 9.47 Å². The maximum absolute atomic E-state index is 9.47. The Morgan fingerprint density at radius 3 is 2.97 bits per heavy atom. The molecule has 7 nitrogen and oxygen atoms in total. The van der Waals surface area contributed by atoms with Gasteiger partial charge in [-0.15, -0.1) is 0 Å². The van der Waals surface area contributed by atoms with E-state index in [4.69, 9.17) is 26.8 Å². The van der Waals surface area contributed by atoms with Crippen molar-refractivity contribution in [2.45, 2.75) is 24.7 Å². The number of hydrogen-bond donors (Lipinski definition) is 3. The zero-order valence-electron chi connectivity index (χ0n) is 20.1. The summed E-state index contributed by atoms with van der Waals surface area (Å²) in [5.74, 6) is 0.593. The molecular weight excluding hydrogens is 486 g/mol. The molecule has 2 atom stereocenters. The second-order valence-electron chi connectivity index (χ2n) is 9.45. The van der Waals surface area contributed by atoms with Gasteiger partial charge in [-0.05, 0) is 54.1 Å².